The third-order valence-electron chi connectivity index (χ3n) is 4.51. The summed E-state index contributed by atoms with van der Waals surface area (Å²) in [7, 11) is 0. The van der Waals surface area contributed by atoms with Gasteiger partial charge in [0.25, 0.3) is 0 Å². The highest BCUT2D eigenvalue weighted by Gasteiger charge is 2.18. The zero-order chi connectivity index (χ0) is 16.8. The van der Waals surface area contributed by atoms with Gasteiger partial charge in [-0.1, -0.05) is 30.3 Å². The predicted molar refractivity (Wildman–Crippen MR) is 99.3 cm³/mol. The molecule has 0 unspecified atom stereocenters. The van der Waals surface area contributed by atoms with Crippen LogP contribution in [0.5, 0.6) is 5.75 Å². The van der Waals surface area contributed by atoms with Crippen LogP contribution in [0.4, 0.5) is 0 Å². The third kappa shape index (κ3) is 4.46. The molecule has 0 aliphatic carbocycles. The number of rotatable bonds is 8. The molecule has 0 amide bonds. The van der Waals surface area contributed by atoms with Crippen molar-refractivity contribution < 1.29 is 9.53 Å². The second-order valence-corrected chi connectivity index (χ2v) is 7.26. The van der Waals surface area contributed by atoms with Gasteiger partial charge in [-0.25, -0.2) is 0 Å². The van der Waals surface area contributed by atoms with Gasteiger partial charge in [-0.05, 0) is 50.2 Å². The van der Waals surface area contributed by atoms with Crippen molar-refractivity contribution in [2.75, 3.05) is 26.2 Å². The number of likely N-dealkylation sites (tertiary alicyclic amines) is 1. The van der Waals surface area contributed by atoms with Crippen molar-refractivity contribution >= 4 is 17.1 Å². The summed E-state index contributed by atoms with van der Waals surface area (Å²) in [5.41, 5.74) is 2.28. The van der Waals surface area contributed by atoms with Crippen LogP contribution in [0, 0.1) is 6.92 Å². The van der Waals surface area contributed by atoms with Crippen molar-refractivity contribution in [2.45, 2.75) is 32.6 Å². The highest BCUT2D eigenvalue weighted by atomic mass is 32.1. The number of aryl methyl sites for hydroxylation is 2. The Labute approximate surface area is 148 Å². The summed E-state index contributed by atoms with van der Waals surface area (Å²) in [6, 6.07) is 10.2. The Morgan fingerprint density at radius 1 is 1.21 bits per heavy atom. The van der Waals surface area contributed by atoms with Crippen LogP contribution < -0.4 is 4.74 Å². The molecule has 1 saturated heterocycles. The molecule has 24 heavy (non-hydrogen) atoms. The second kappa shape index (κ2) is 8.45. The molecule has 0 radical (unpaired) electrons. The number of ether oxygens (including phenoxy) is 1. The Morgan fingerprint density at radius 2 is 1.96 bits per heavy atom. The summed E-state index contributed by atoms with van der Waals surface area (Å²) >= 11 is 1.51. The van der Waals surface area contributed by atoms with Crippen molar-refractivity contribution in [1.82, 2.24) is 4.90 Å². The largest absolute Gasteiger partial charge is 0.490 e. The number of thiophene rings is 1. The van der Waals surface area contributed by atoms with Crippen molar-refractivity contribution in [1.29, 1.82) is 0 Å². The maximum atomic E-state index is 12.6. The lowest BCUT2D eigenvalue weighted by molar-refractivity contribution is 0.0982. The van der Waals surface area contributed by atoms with E-state index in [4.69, 9.17) is 4.74 Å². The van der Waals surface area contributed by atoms with Gasteiger partial charge < -0.3 is 4.74 Å². The average Bonchev–Trinajstić information content (AvgIpc) is 3.24. The van der Waals surface area contributed by atoms with Gasteiger partial charge >= 0.3 is 0 Å². The molecule has 1 aliphatic rings. The first-order valence-corrected chi connectivity index (χ1v) is 9.62. The summed E-state index contributed by atoms with van der Waals surface area (Å²) in [5, 5.41) is 2.03. The Morgan fingerprint density at radius 3 is 2.71 bits per heavy atom. The summed E-state index contributed by atoms with van der Waals surface area (Å²) in [6.07, 6.45) is 3.90. The Hall–Kier alpha value is -1.65. The van der Waals surface area contributed by atoms with E-state index >= 15 is 0 Å². The fourth-order valence-electron chi connectivity index (χ4n) is 3.10. The minimum absolute atomic E-state index is 0.188. The van der Waals surface area contributed by atoms with E-state index in [9.17, 15) is 4.79 Å². The molecule has 128 valence electrons. The lowest BCUT2D eigenvalue weighted by atomic mass is 10.1. The zero-order valence-corrected chi connectivity index (χ0v) is 15.1. The minimum atomic E-state index is 0.188. The molecule has 1 fully saturated rings. The van der Waals surface area contributed by atoms with Gasteiger partial charge in [-0.15, -0.1) is 11.3 Å². The van der Waals surface area contributed by atoms with Crippen LogP contribution in [0.25, 0.3) is 0 Å². The van der Waals surface area contributed by atoms with Gasteiger partial charge in [0.15, 0.2) is 5.78 Å². The van der Waals surface area contributed by atoms with E-state index in [2.05, 4.69) is 17.0 Å². The van der Waals surface area contributed by atoms with E-state index in [-0.39, 0.29) is 5.78 Å². The summed E-state index contributed by atoms with van der Waals surface area (Å²) < 4.78 is 5.99. The molecule has 4 heteroatoms. The van der Waals surface area contributed by atoms with Crippen molar-refractivity contribution in [3.8, 4) is 5.75 Å². The number of carbonyl (C=O) groups is 1. The Bertz CT molecular complexity index is 660. The zero-order valence-electron chi connectivity index (χ0n) is 14.3. The number of carbonyl (C=O) groups excluding carboxylic acids is 1. The van der Waals surface area contributed by atoms with Gasteiger partial charge in [0.2, 0.25) is 0 Å². The molecule has 1 aliphatic heterocycles. The Kier molecular flexibility index (Phi) is 6.05. The van der Waals surface area contributed by atoms with E-state index in [0.717, 1.165) is 29.2 Å². The smallest absolute Gasteiger partial charge is 0.176 e. The lowest BCUT2D eigenvalue weighted by Crippen LogP contribution is -2.25. The molecule has 3 rings (SSSR count). The Balaban J connectivity index is 1.55. The molecular formula is C20H25NO2S. The van der Waals surface area contributed by atoms with Gasteiger partial charge in [0, 0.05) is 18.5 Å². The first-order valence-electron chi connectivity index (χ1n) is 8.74. The van der Waals surface area contributed by atoms with Crippen LogP contribution in [0.15, 0.2) is 35.7 Å². The number of hydrogen-bond acceptors (Lipinski definition) is 4. The van der Waals surface area contributed by atoms with Crippen LogP contribution >= 0.6 is 11.3 Å². The molecule has 2 heterocycles. The van der Waals surface area contributed by atoms with Gasteiger partial charge in [0.05, 0.1) is 0 Å². The van der Waals surface area contributed by atoms with E-state index in [1.807, 2.05) is 30.5 Å². The summed E-state index contributed by atoms with van der Waals surface area (Å²) in [4.78, 5) is 15.8. The fourth-order valence-corrected chi connectivity index (χ4v) is 4.07. The molecule has 0 atom stereocenters. The normalized spacial score (nSPS) is 14.9. The molecular weight excluding hydrogens is 318 g/mol. The van der Waals surface area contributed by atoms with Crippen LogP contribution in [0.3, 0.4) is 0 Å². The van der Waals surface area contributed by atoms with Gasteiger partial charge in [-0.3, -0.25) is 9.69 Å². The van der Waals surface area contributed by atoms with Gasteiger partial charge in [0.1, 0.15) is 17.2 Å². The standard InChI is InChI=1S/C20H25NO2S/c1-16-15-24-20(18(22)10-9-17-7-3-2-4-8-17)19(16)23-14-13-21-11-5-6-12-21/h2-4,7-8,15H,5-6,9-14H2,1H3. The number of hydrogen-bond donors (Lipinski definition) is 0. The number of nitrogens with zero attached hydrogens (tertiary/aromatic N) is 1. The maximum absolute atomic E-state index is 12.6. The summed E-state index contributed by atoms with van der Waals surface area (Å²) in [6.45, 7) is 5.99. The molecule has 3 nitrogen and oxygen atoms in total. The molecule has 0 bridgehead atoms. The minimum Gasteiger partial charge on any atom is -0.490 e. The first-order chi connectivity index (χ1) is 11.7. The van der Waals surface area contributed by atoms with E-state index in [1.54, 1.807) is 0 Å². The monoisotopic (exact) mass is 343 g/mol. The van der Waals surface area contributed by atoms with E-state index in [1.165, 1.54) is 42.8 Å². The number of Topliss-reactive ketones (excluding diaryl/α,β-unsaturated/α-hetero) is 1. The highest BCUT2D eigenvalue weighted by Crippen LogP contribution is 2.31. The van der Waals surface area contributed by atoms with Crippen LogP contribution in [0.2, 0.25) is 0 Å². The topological polar surface area (TPSA) is 29.5 Å². The molecule has 0 N–H and O–H groups in total. The van der Waals surface area contributed by atoms with Crippen molar-refractivity contribution in [3.63, 3.8) is 0 Å². The number of ketones is 1. The second-order valence-electron chi connectivity index (χ2n) is 6.38. The number of benzene rings is 1. The van der Waals surface area contributed by atoms with Crippen molar-refractivity contribution in [3.05, 3.63) is 51.7 Å². The molecule has 0 spiro atoms. The van der Waals surface area contributed by atoms with E-state index in [0.29, 0.717) is 13.0 Å². The molecule has 1 aromatic carbocycles. The first kappa shape index (κ1) is 17.2. The van der Waals surface area contributed by atoms with E-state index < -0.39 is 0 Å². The van der Waals surface area contributed by atoms with Crippen LogP contribution in [-0.4, -0.2) is 36.9 Å². The average molecular weight is 343 g/mol. The molecule has 0 saturated carbocycles. The lowest BCUT2D eigenvalue weighted by Gasteiger charge is -2.15. The maximum Gasteiger partial charge on any atom is 0.176 e. The van der Waals surface area contributed by atoms with Gasteiger partial charge in [-0.2, -0.15) is 0 Å². The molecule has 2 aromatic rings. The molecule has 1 aromatic heterocycles. The van der Waals surface area contributed by atoms with Crippen LogP contribution in [0.1, 0.15) is 40.1 Å². The van der Waals surface area contributed by atoms with Crippen LogP contribution in [-0.2, 0) is 6.42 Å². The van der Waals surface area contributed by atoms with Crippen molar-refractivity contribution in [2.24, 2.45) is 0 Å². The third-order valence-corrected chi connectivity index (χ3v) is 5.63. The summed E-state index contributed by atoms with van der Waals surface area (Å²) in [5.74, 6) is 0.991. The SMILES string of the molecule is Cc1csc(C(=O)CCc2ccccc2)c1OCCN1CCCC1. The highest BCUT2D eigenvalue weighted by molar-refractivity contribution is 7.12. The predicted octanol–water partition coefficient (Wildman–Crippen LogP) is 4.35. The quantitative estimate of drug-likeness (QED) is 0.668. The fraction of sp³-hybridized carbons (Fsp3) is 0.450.